The third-order valence-electron chi connectivity index (χ3n) is 5.03. The second-order valence-corrected chi connectivity index (χ2v) is 8.40. The molecule has 0 spiro atoms. The topological polar surface area (TPSA) is 49.3 Å². The Labute approximate surface area is 175 Å². The van der Waals surface area contributed by atoms with Crippen molar-refractivity contribution in [1.29, 1.82) is 0 Å². The zero-order valence-corrected chi connectivity index (χ0v) is 18.9. The minimum Gasteiger partial charge on any atom is -0.394 e. The van der Waals surface area contributed by atoms with E-state index in [2.05, 4.69) is 50.4 Å². The molecule has 0 aliphatic carbocycles. The first kappa shape index (κ1) is 26.9. The molecule has 1 atom stereocenters. The predicted octanol–water partition coefficient (Wildman–Crippen LogP) is 6.71. The predicted molar refractivity (Wildman–Crippen MR) is 122 cm³/mol. The third kappa shape index (κ3) is 19.7. The summed E-state index contributed by atoms with van der Waals surface area (Å²) in [7, 11) is 0. The van der Waals surface area contributed by atoms with Crippen LogP contribution in [0.25, 0.3) is 0 Å². The van der Waals surface area contributed by atoms with E-state index >= 15 is 0 Å². The van der Waals surface area contributed by atoms with Gasteiger partial charge in [-0.1, -0.05) is 77.2 Å². The van der Waals surface area contributed by atoms with Crippen molar-refractivity contribution in [2.75, 3.05) is 6.61 Å². The van der Waals surface area contributed by atoms with E-state index in [0.717, 1.165) is 38.5 Å². The van der Waals surface area contributed by atoms with Gasteiger partial charge in [-0.25, -0.2) is 0 Å². The van der Waals surface area contributed by atoms with Crippen LogP contribution in [0.2, 0.25) is 0 Å². The van der Waals surface area contributed by atoms with Gasteiger partial charge in [-0.2, -0.15) is 0 Å². The Balaban J connectivity index is 3.48. The summed E-state index contributed by atoms with van der Waals surface area (Å²) in [6, 6.07) is -0.0760. The molecule has 0 aromatic heterocycles. The van der Waals surface area contributed by atoms with Crippen molar-refractivity contribution in [3.05, 3.63) is 24.3 Å². The molecule has 0 rings (SSSR count). The van der Waals surface area contributed by atoms with Crippen LogP contribution in [0.1, 0.15) is 111 Å². The molecule has 0 fully saturated rings. The molecule has 0 unspecified atom stereocenters. The van der Waals surface area contributed by atoms with Gasteiger partial charge >= 0.3 is 0 Å². The first-order valence-corrected chi connectivity index (χ1v) is 11.8. The van der Waals surface area contributed by atoms with E-state index in [-0.39, 0.29) is 18.6 Å². The highest BCUT2D eigenvalue weighted by atomic mass is 16.3. The van der Waals surface area contributed by atoms with Crippen LogP contribution in [0.3, 0.4) is 0 Å². The van der Waals surface area contributed by atoms with Crippen LogP contribution in [-0.2, 0) is 4.79 Å². The number of carbonyl (C=O) groups excluding carboxylic acids is 1. The fourth-order valence-corrected chi connectivity index (χ4v) is 3.14. The number of nitrogens with one attached hydrogen (secondary N) is 1. The SMILES string of the molecule is CCCCC/C=C\C/C=C\CCCCCCCC(=O)N[C@@H](CO)CCC(C)C. The maximum Gasteiger partial charge on any atom is 0.220 e. The van der Waals surface area contributed by atoms with Crippen molar-refractivity contribution in [1.82, 2.24) is 5.32 Å². The Kier molecular flexibility index (Phi) is 19.8. The number of hydrogen-bond acceptors (Lipinski definition) is 2. The number of rotatable bonds is 19. The molecule has 3 heteroatoms. The Morgan fingerprint density at radius 2 is 1.46 bits per heavy atom. The average molecular weight is 394 g/mol. The van der Waals surface area contributed by atoms with Crippen LogP contribution in [0, 0.1) is 5.92 Å². The number of carbonyl (C=O) groups is 1. The molecule has 1 amide bonds. The number of aliphatic hydroxyl groups excluding tert-OH is 1. The zero-order chi connectivity index (χ0) is 20.9. The number of allylic oxidation sites excluding steroid dienone is 4. The van der Waals surface area contributed by atoms with Gasteiger partial charge in [0.05, 0.1) is 12.6 Å². The fourth-order valence-electron chi connectivity index (χ4n) is 3.14. The molecular weight excluding hydrogens is 346 g/mol. The molecule has 0 saturated heterocycles. The minimum atomic E-state index is -0.0760. The molecule has 0 aromatic rings. The van der Waals surface area contributed by atoms with Gasteiger partial charge in [-0.15, -0.1) is 0 Å². The summed E-state index contributed by atoms with van der Waals surface area (Å²) in [5.74, 6) is 0.696. The van der Waals surface area contributed by atoms with Crippen LogP contribution in [0.15, 0.2) is 24.3 Å². The standard InChI is InChI=1S/C25H47NO2/c1-4-5-6-7-8-9-10-11-12-13-14-15-16-17-18-19-25(28)26-24(22-27)21-20-23(2)3/h8-9,11-12,23-24,27H,4-7,10,13-22H2,1-3H3,(H,26,28)/b9-8-,12-11-/t24-/m1/s1. The van der Waals surface area contributed by atoms with Crippen LogP contribution in [0.5, 0.6) is 0 Å². The monoisotopic (exact) mass is 393 g/mol. The van der Waals surface area contributed by atoms with Crippen LogP contribution in [-0.4, -0.2) is 23.7 Å². The highest BCUT2D eigenvalue weighted by Crippen LogP contribution is 2.10. The summed E-state index contributed by atoms with van der Waals surface area (Å²) in [4.78, 5) is 12.0. The lowest BCUT2D eigenvalue weighted by Gasteiger charge is -2.17. The van der Waals surface area contributed by atoms with Gasteiger partial charge in [0, 0.05) is 6.42 Å². The van der Waals surface area contributed by atoms with Crippen LogP contribution in [0.4, 0.5) is 0 Å². The summed E-state index contributed by atoms with van der Waals surface area (Å²) >= 11 is 0. The molecule has 0 aliphatic rings. The van der Waals surface area contributed by atoms with Gasteiger partial charge in [0.25, 0.3) is 0 Å². The Hall–Kier alpha value is -1.09. The number of aliphatic hydroxyl groups is 1. The molecule has 0 bridgehead atoms. The van der Waals surface area contributed by atoms with E-state index in [1.54, 1.807) is 0 Å². The minimum absolute atomic E-state index is 0.0423. The maximum atomic E-state index is 12.0. The zero-order valence-electron chi connectivity index (χ0n) is 18.9. The Morgan fingerprint density at radius 3 is 2.07 bits per heavy atom. The maximum absolute atomic E-state index is 12.0. The van der Waals surface area contributed by atoms with E-state index in [0.29, 0.717) is 12.3 Å². The van der Waals surface area contributed by atoms with Crippen molar-refractivity contribution < 1.29 is 9.90 Å². The summed E-state index contributed by atoms with van der Waals surface area (Å²) in [5.41, 5.74) is 0. The normalized spacial score (nSPS) is 13.0. The molecule has 2 N–H and O–H groups in total. The molecule has 164 valence electrons. The third-order valence-corrected chi connectivity index (χ3v) is 5.03. The second-order valence-electron chi connectivity index (χ2n) is 8.40. The van der Waals surface area contributed by atoms with Gasteiger partial charge in [0.15, 0.2) is 0 Å². The molecule has 0 aliphatic heterocycles. The van der Waals surface area contributed by atoms with Gasteiger partial charge in [0.1, 0.15) is 0 Å². The van der Waals surface area contributed by atoms with Crippen LogP contribution >= 0.6 is 0 Å². The first-order chi connectivity index (χ1) is 13.6. The van der Waals surface area contributed by atoms with E-state index in [1.165, 1.54) is 44.9 Å². The van der Waals surface area contributed by atoms with Crippen molar-refractivity contribution in [2.24, 2.45) is 5.92 Å². The second kappa shape index (κ2) is 20.6. The van der Waals surface area contributed by atoms with Crippen molar-refractivity contribution >= 4 is 5.91 Å². The molecule has 3 nitrogen and oxygen atoms in total. The smallest absolute Gasteiger partial charge is 0.220 e. The number of amides is 1. The van der Waals surface area contributed by atoms with E-state index < -0.39 is 0 Å². The highest BCUT2D eigenvalue weighted by Gasteiger charge is 2.11. The Morgan fingerprint density at radius 1 is 0.857 bits per heavy atom. The molecule has 0 aromatic carbocycles. The summed E-state index contributed by atoms with van der Waals surface area (Å²) < 4.78 is 0. The number of hydrogen-bond donors (Lipinski definition) is 2. The van der Waals surface area contributed by atoms with Crippen molar-refractivity contribution in [3.8, 4) is 0 Å². The lowest BCUT2D eigenvalue weighted by atomic mass is 10.0. The fraction of sp³-hybridized carbons (Fsp3) is 0.800. The van der Waals surface area contributed by atoms with Crippen molar-refractivity contribution in [3.63, 3.8) is 0 Å². The molecular formula is C25H47NO2. The molecule has 0 radical (unpaired) electrons. The van der Waals surface area contributed by atoms with Gasteiger partial charge < -0.3 is 10.4 Å². The van der Waals surface area contributed by atoms with Gasteiger partial charge in [-0.05, 0) is 57.3 Å². The molecule has 0 heterocycles. The largest absolute Gasteiger partial charge is 0.394 e. The highest BCUT2D eigenvalue weighted by molar-refractivity contribution is 5.76. The quantitative estimate of drug-likeness (QED) is 0.189. The van der Waals surface area contributed by atoms with Gasteiger partial charge in [-0.3, -0.25) is 4.79 Å². The lowest BCUT2D eigenvalue weighted by Crippen LogP contribution is -2.37. The van der Waals surface area contributed by atoms with E-state index in [4.69, 9.17) is 0 Å². The Bertz CT molecular complexity index is 401. The first-order valence-electron chi connectivity index (χ1n) is 11.8. The molecule has 0 saturated carbocycles. The van der Waals surface area contributed by atoms with Crippen LogP contribution < -0.4 is 5.32 Å². The summed E-state index contributed by atoms with van der Waals surface area (Å²) in [6.07, 6.45) is 24.8. The van der Waals surface area contributed by atoms with E-state index in [9.17, 15) is 9.90 Å². The van der Waals surface area contributed by atoms with Gasteiger partial charge in [0.2, 0.25) is 5.91 Å². The summed E-state index contributed by atoms with van der Waals surface area (Å²) in [6.45, 7) is 6.62. The summed E-state index contributed by atoms with van der Waals surface area (Å²) in [5, 5.41) is 12.3. The molecule has 28 heavy (non-hydrogen) atoms. The number of unbranched alkanes of at least 4 members (excludes halogenated alkanes) is 8. The van der Waals surface area contributed by atoms with Crippen molar-refractivity contribution in [2.45, 2.75) is 117 Å². The van der Waals surface area contributed by atoms with E-state index in [1.807, 2.05) is 0 Å². The average Bonchev–Trinajstić information content (AvgIpc) is 2.68. The lowest BCUT2D eigenvalue weighted by molar-refractivity contribution is -0.122.